The first-order chi connectivity index (χ1) is 19.9. The van der Waals surface area contributed by atoms with Crippen molar-refractivity contribution in [2.24, 2.45) is 0 Å². The van der Waals surface area contributed by atoms with Crippen molar-refractivity contribution in [3.63, 3.8) is 0 Å². The molecule has 3 heterocycles. The predicted octanol–water partition coefficient (Wildman–Crippen LogP) is 6.60. The van der Waals surface area contributed by atoms with Crippen LogP contribution >= 0.6 is 0 Å². The molecule has 0 aliphatic rings. The molecule has 0 aliphatic heterocycles. The van der Waals surface area contributed by atoms with Crippen LogP contribution in [0, 0.1) is 0 Å². The van der Waals surface area contributed by atoms with Crippen molar-refractivity contribution in [3.05, 3.63) is 77.8 Å². The van der Waals surface area contributed by atoms with E-state index in [9.17, 15) is 19.2 Å². The third kappa shape index (κ3) is 2.69. The van der Waals surface area contributed by atoms with Crippen LogP contribution in [0.2, 0.25) is 0 Å². The summed E-state index contributed by atoms with van der Waals surface area (Å²) in [6, 6.07) is 11.0. The van der Waals surface area contributed by atoms with E-state index in [1.54, 1.807) is 0 Å². The lowest BCUT2D eigenvalue weighted by molar-refractivity contribution is 0.451. The molecule has 0 saturated carbocycles. The largest absolute Gasteiger partial charge is 0.354 e. The Morgan fingerprint density at radius 2 is 0.829 bits per heavy atom. The fraction of sp³-hybridized carbons (Fsp3) is 0.294. The quantitative estimate of drug-likeness (QED) is 0.189. The lowest BCUT2D eigenvalue weighted by Gasteiger charge is -2.20. The molecule has 0 spiro atoms. The number of aromatic nitrogens is 3. The zero-order chi connectivity index (χ0) is 28.5. The number of hydrogen-bond acceptors (Lipinski definition) is 4. The zero-order valence-corrected chi connectivity index (χ0v) is 23.5. The van der Waals surface area contributed by atoms with Crippen molar-refractivity contribution in [1.82, 2.24) is 14.1 Å². The van der Waals surface area contributed by atoms with Gasteiger partial charge in [0.25, 0.3) is 22.2 Å². The van der Waals surface area contributed by atoms with E-state index < -0.39 is 0 Å². The van der Waals surface area contributed by atoms with Crippen LogP contribution in [0.1, 0.15) is 65.5 Å². The van der Waals surface area contributed by atoms with Crippen molar-refractivity contribution >= 4 is 75.7 Å². The molecular weight excluding hydrogens is 514 g/mol. The summed E-state index contributed by atoms with van der Waals surface area (Å²) in [6.07, 6.45) is 2.76. The Hall–Kier alpha value is -4.52. The zero-order valence-electron chi connectivity index (χ0n) is 23.5. The number of pyridine rings is 2. The van der Waals surface area contributed by atoms with Crippen LogP contribution in [0.4, 0.5) is 0 Å². The molecule has 0 saturated heterocycles. The van der Waals surface area contributed by atoms with Crippen LogP contribution < -0.4 is 22.2 Å². The van der Waals surface area contributed by atoms with E-state index >= 15 is 0 Å². The van der Waals surface area contributed by atoms with E-state index in [1.165, 1.54) is 9.13 Å². The van der Waals surface area contributed by atoms with Crippen LogP contribution in [-0.4, -0.2) is 14.1 Å². The molecule has 0 amide bonds. The van der Waals surface area contributed by atoms with Gasteiger partial charge in [0.2, 0.25) is 0 Å². The minimum absolute atomic E-state index is 0.173. The third-order valence-corrected chi connectivity index (χ3v) is 9.79. The molecule has 5 aromatic carbocycles. The SMILES string of the molecule is CCC(CC)n1c(=O)c2ccc3c4ccc5c(=O)n(C(CC)CC)c(=O)c6cc7[nH]c8cc(c1=O)c2c3c8c7c4c56. The molecule has 0 radical (unpaired) electrons. The average Bonchev–Trinajstić information content (AvgIpc) is 3.37. The first-order valence-electron chi connectivity index (χ1n) is 14.7. The Kier molecular flexibility index (Phi) is 4.76. The first-order valence-corrected chi connectivity index (χ1v) is 14.7. The highest BCUT2D eigenvalue weighted by molar-refractivity contribution is 6.45. The van der Waals surface area contributed by atoms with Crippen LogP contribution in [0.5, 0.6) is 0 Å². The number of H-pyrrole nitrogens is 1. The Balaban J connectivity index is 1.66. The second-order valence-corrected chi connectivity index (χ2v) is 11.5. The van der Waals surface area contributed by atoms with Gasteiger partial charge < -0.3 is 4.98 Å². The monoisotopic (exact) mass is 543 g/mol. The maximum Gasteiger partial charge on any atom is 0.261 e. The maximum absolute atomic E-state index is 13.9. The fourth-order valence-corrected chi connectivity index (χ4v) is 7.81. The van der Waals surface area contributed by atoms with Gasteiger partial charge in [0.15, 0.2) is 0 Å². The maximum atomic E-state index is 13.9. The first kappa shape index (κ1) is 24.3. The van der Waals surface area contributed by atoms with E-state index in [0.29, 0.717) is 58.0 Å². The summed E-state index contributed by atoms with van der Waals surface area (Å²) in [5.41, 5.74) is 0.556. The second-order valence-electron chi connectivity index (χ2n) is 11.5. The molecule has 0 aliphatic carbocycles. The van der Waals surface area contributed by atoms with Crippen LogP contribution in [0.15, 0.2) is 55.6 Å². The van der Waals surface area contributed by atoms with E-state index in [2.05, 4.69) is 4.98 Å². The molecule has 0 fully saturated rings. The Bertz CT molecular complexity index is 2390. The summed E-state index contributed by atoms with van der Waals surface area (Å²) < 4.78 is 2.87. The van der Waals surface area contributed by atoms with E-state index in [0.717, 1.165) is 43.4 Å². The number of rotatable bonds is 6. The highest BCUT2D eigenvalue weighted by Gasteiger charge is 2.28. The number of fused-ring (bicyclic) bond motifs is 1. The van der Waals surface area contributed by atoms with Gasteiger partial charge in [0, 0.05) is 66.2 Å². The summed E-state index contributed by atoms with van der Waals surface area (Å²) in [5, 5.41) is 8.98. The number of nitrogens with zero attached hydrogens (tertiary/aromatic N) is 2. The summed E-state index contributed by atoms with van der Waals surface area (Å²) in [5.74, 6) is 0. The molecule has 0 unspecified atom stereocenters. The Morgan fingerprint density at radius 1 is 0.488 bits per heavy atom. The van der Waals surface area contributed by atoms with Gasteiger partial charge in [-0.25, -0.2) is 0 Å². The van der Waals surface area contributed by atoms with Crippen molar-refractivity contribution in [1.29, 1.82) is 0 Å². The molecule has 3 aromatic heterocycles. The van der Waals surface area contributed by atoms with Gasteiger partial charge in [-0.1, -0.05) is 39.8 Å². The van der Waals surface area contributed by atoms with E-state index in [-0.39, 0.29) is 34.3 Å². The van der Waals surface area contributed by atoms with Crippen molar-refractivity contribution in [3.8, 4) is 0 Å². The predicted molar refractivity (Wildman–Crippen MR) is 168 cm³/mol. The molecule has 8 rings (SSSR count). The number of nitrogens with one attached hydrogen (secondary N) is 1. The normalized spacial score (nSPS) is 13.1. The van der Waals surface area contributed by atoms with Gasteiger partial charge in [-0.05, 0) is 60.7 Å². The van der Waals surface area contributed by atoms with Gasteiger partial charge in [0.1, 0.15) is 0 Å². The molecular formula is C34H29N3O4. The van der Waals surface area contributed by atoms with Crippen LogP contribution in [0.25, 0.3) is 75.7 Å². The molecule has 204 valence electrons. The molecule has 1 N–H and O–H groups in total. The summed E-state index contributed by atoms with van der Waals surface area (Å²) in [7, 11) is 0. The highest BCUT2D eigenvalue weighted by atomic mass is 16.2. The molecule has 7 nitrogen and oxygen atoms in total. The third-order valence-electron chi connectivity index (χ3n) is 9.79. The summed E-state index contributed by atoms with van der Waals surface area (Å²) >= 11 is 0. The molecule has 0 bridgehead atoms. The average molecular weight is 544 g/mol. The lowest BCUT2D eigenvalue weighted by Crippen LogP contribution is -2.36. The molecule has 7 heteroatoms. The topological polar surface area (TPSA) is 93.9 Å². The van der Waals surface area contributed by atoms with Crippen LogP contribution in [0.3, 0.4) is 0 Å². The molecule has 0 atom stereocenters. The van der Waals surface area contributed by atoms with Crippen molar-refractivity contribution < 1.29 is 0 Å². The van der Waals surface area contributed by atoms with Crippen molar-refractivity contribution in [2.75, 3.05) is 0 Å². The minimum atomic E-state index is -0.264. The van der Waals surface area contributed by atoms with Crippen molar-refractivity contribution in [2.45, 2.75) is 65.5 Å². The lowest BCUT2D eigenvalue weighted by atomic mass is 9.86. The van der Waals surface area contributed by atoms with Gasteiger partial charge in [0.05, 0.1) is 10.8 Å². The fourth-order valence-electron chi connectivity index (χ4n) is 7.81. The molecule has 8 aromatic rings. The number of hydrogen-bond donors (Lipinski definition) is 1. The van der Waals surface area contributed by atoms with Gasteiger partial charge in [-0.15, -0.1) is 0 Å². The van der Waals surface area contributed by atoms with E-state index in [1.807, 2.05) is 64.1 Å². The smallest absolute Gasteiger partial charge is 0.261 e. The molecule has 41 heavy (non-hydrogen) atoms. The van der Waals surface area contributed by atoms with Gasteiger partial charge in [-0.3, -0.25) is 28.3 Å². The van der Waals surface area contributed by atoms with Crippen LogP contribution in [-0.2, 0) is 0 Å². The summed E-state index contributed by atoms with van der Waals surface area (Å²) in [4.78, 5) is 59.0. The van der Waals surface area contributed by atoms with E-state index in [4.69, 9.17) is 0 Å². The Morgan fingerprint density at radius 3 is 1.20 bits per heavy atom. The minimum Gasteiger partial charge on any atom is -0.354 e. The second kappa shape index (κ2) is 8.03. The standard InChI is InChI=1S/C34H29N3O4/c1-5-15(6-2)36-31(38)19-11-9-17-18-10-12-20-26-22(34(41)37(32(20)39)16(7-3)8-4)14-24-30(28(18)26)29-23(35-24)13-21(33(36)40)25(19)27(17)29/h9-16,35H,5-8H2,1-4H3. The van der Waals surface area contributed by atoms with Gasteiger partial charge >= 0.3 is 0 Å². The Labute approximate surface area is 233 Å². The number of benzene rings is 5. The summed E-state index contributed by atoms with van der Waals surface area (Å²) in [6.45, 7) is 8.00. The number of aromatic amines is 1. The highest BCUT2D eigenvalue weighted by Crippen LogP contribution is 2.48. The van der Waals surface area contributed by atoms with Gasteiger partial charge in [-0.2, -0.15) is 0 Å².